The van der Waals surface area contributed by atoms with Crippen LogP contribution in [0, 0.1) is 5.92 Å². The Morgan fingerprint density at radius 3 is 2.61 bits per heavy atom. The number of carbonyl (C=O) groups excluding carboxylic acids is 2. The predicted octanol–water partition coefficient (Wildman–Crippen LogP) is 0.689. The molecule has 0 bridgehead atoms. The highest BCUT2D eigenvalue weighted by molar-refractivity contribution is 6.01. The second-order valence-electron chi connectivity index (χ2n) is 3.87. The molecule has 2 atom stereocenters. The predicted molar refractivity (Wildman–Crippen MR) is 64.7 cm³/mol. The number of rotatable bonds is 4. The van der Waals surface area contributed by atoms with Gasteiger partial charge in [-0.05, 0) is 20.8 Å². The van der Waals surface area contributed by atoms with Gasteiger partial charge in [0.15, 0.2) is 6.23 Å². The Morgan fingerprint density at radius 1 is 1.44 bits per heavy atom. The molecule has 0 spiro atoms. The maximum Gasteiger partial charge on any atom is 0.337 e. The maximum absolute atomic E-state index is 11.7. The van der Waals surface area contributed by atoms with Gasteiger partial charge in [0, 0.05) is 13.0 Å². The van der Waals surface area contributed by atoms with E-state index in [9.17, 15) is 9.59 Å². The first-order valence-corrected chi connectivity index (χ1v) is 5.93. The zero-order chi connectivity index (χ0) is 13.7. The Morgan fingerprint density at radius 2 is 2.11 bits per heavy atom. The number of urea groups is 1. The Balaban J connectivity index is 2.89. The summed E-state index contributed by atoms with van der Waals surface area (Å²) >= 11 is 0. The van der Waals surface area contributed by atoms with Crippen molar-refractivity contribution in [2.45, 2.75) is 33.4 Å². The van der Waals surface area contributed by atoms with E-state index in [-0.39, 0.29) is 5.97 Å². The molecule has 0 aliphatic carbocycles. The molecule has 7 nitrogen and oxygen atoms in total. The zero-order valence-electron chi connectivity index (χ0n) is 10.9. The van der Waals surface area contributed by atoms with Crippen LogP contribution in [0.4, 0.5) is 4.79 Å². The molecular weight excluding hydrogens is 238 g/mol. The number of ether oxygens (including phenoxy) is 2. The fraction of sp³-hybridized carbons (Fsp3) is 0.727. The van der Waals surface area contributed by atoms with E-state index in [1.54, 1.807) is 20.8 Å². The number of primary amides is 1. The maximum atomic E-state index is 11.7. The lowest BCUT2D eigenvalue weighted by atomic mass is 9.98. The van der Waals surface area contributed by atoms with Gasteiger partial charge in [-0.2, -0.15) is 10.1 Å². The van der Waals surface area contributed by atoms with Crippen molar-refractivity contribution in [1.82, 2.24) is 5.01 Å². The molecule has 102 valence electrons. The fourth-order valence-corrected chi connectivity index (χ4v) is 1.81. The van der Waals surface area contributed by atoms with E-state index in [2.05, 4.69) is 5.10 Å². The van der Waals surface area contributed by atoms with E-state index >= 15 is 0 Å². The summed E-state index contributed by atoms with van der Waals surface area (Å²) in [6.07, 6.45) is -0.309. The molecule has 0 aromatic heterocycles. The quantitative estimate of drug-likeness (QED) is 0.749. The highest BCUT2D eigenvalue weighted by atomic mass is 16.5. The summed E-state index contributed by atoms with van der Waals surface area (Å²) in [5, 5.41) is 5.08. The second kappa shape index (κ2) is 6.34. The summed E-state index contributed by atoms with van der Waals surface area (Å²) in [7, 11) is 0. The van der Waals surface area contributed by atoms with E-state index in [0.717, 1.165) is 5.01 Å². The van der Waals surface area contributed by atoms with Gasteiger partial charge in [-0.15, -0.1) is 0 Å². The number of hydrogen-bond acceptors (Lipinski definition) is 5. The summed E-state index contributed by atoms with van der Waals surface area (Å²) in [5.41, 5.74) is 5.72. The van der Waals surface area contributed by atoms with Crippen LogP contribution in [0.15, 0.2) is 5.10 Å². The van der Waals surface area contributed by atoms with E-state index in [4.69, 9.17) is 15.2 Å². The van der Waals surface area contributed by atoms with Crippen LogP contribution in [0.1, 0.15) is 27.2 Å². The Hall–Kier alpha value is -1.63. The molecule has 7 heteroatoms. The lowest BCUT2D eigenvalue weighted by Crippen LogP contribution is -2.48. The summed E-state index contributed by atoms with van der Waals surface area (Å²) in [6, 6.07) is -0.699. The topological polar surface area (TPSA) is 94.2 Å². The van der Waals surface area contributed by atoms with Gasteiger partial charge in [0.2, 0.25) is 0 Å². The van der Waals surface area contributed by atoms with E-state index in [1.807, 2.05) is 0 Å². The second-order valence-corrected chi connectivity index (χ2v) is 3.87. The van der Waals surface area contributed by atoms with Gasteiger partial charge in [0.25, 0.3) is 0 Å². The van der Waals surface area contributed by atoms with Crippen molar-refractivity contribution in [1.29, 1.82) is 0 Å². The van der Waals surface area contributed by atoms with E-state index < -0.39 is 18.2 Å². The van der Waals surface area contributed by atoms with Gasteiger partial charge < -0.3 is 15.2 Å². The first-order valence-electron chi connectivity index (χ1n) is 5.93. The van der Waals surface area contributed by atoms with Crippen molar-refractivity contribution in [3.05, 3.63) is 0 Å². The normalized spacial score (nSPS) is 23.5. The van der Waals surface area contributed by atoms with Crippen LogP contribution in [0.3, 0.4) is 0 Å². The van der Waals surface area contributed by atoms with Crippen molar-refractivity contribution in [2.24, 2.45) is 16.8 Å². The average molecular weight is 257 g/mol. The smallest absolute Gasteiger partial charge is 0.337 e. The molecule has 2 N–H and O–H groups in total. The molecule has 0 saturated carbocycles. The van der Waals surface area contributed by atoms with Crippen LogP contribution in [0.2, 0.25) is 0 Å². The van der Waals surface area contributed by atoms with Crippen LogP contribution >= 0.6 is 0 Å². The third-order valence-electron chi connectivity index (χ3n) is 2.64. The van der Waals surface area contributed by atoms with Crippen LogP contribution in [0.5, 0.6) is 0 Å². The minimum Gasteiger partial charge on any atom is -0.465 e. The number of nitrogens with zero attached hydrogens (tertiary/aromatic N) is 2. The van der Waals surface area contributed by atoms with Crippen LogP contribution < -0.4 is 5.73 Å². The number of amides is 2. The van der Waals surface area contributed by atoms with Crippen molar-refractivity contribution in [2.75, 3.05) is 13.2 Å². The number of esters is 1. The van der Waals surface area contributed by atoms with Gasteiger partial charge in [0.1, 0.15) is 5.92 Å². The lowest BCUT2D eigenvalue weighted by molar-refractivity contribution is -0.148. The summed E-state index contributed by atoms with van der Waals surface area (Å²) < 4.78 is 10.3. The van der Waals surface area contributed by atoms with E-state index in [1.165, 1.54) is 0 Å². The van der Waals surface area contributed by atoms with Gasteiger partial charge in [-0.1, -0.05) is 0 Å². The van der Waals surface area contributed by atoms with Gasteiger partial charge in [-0.3, -0.25) is 4.79 Å². The third-order valence-corrected chi connectivity index (χ3v) is 2.64. The highest BCUT2D eigenvalue weighted by Crippen LogP contribution is 2.23. The molecule has 0 unspecified atom stereocenters. The molecule has 0 fully saturated rings. The van der Waals surface area contributed by atoms with Crippen LogP contribution in [0.25, 0.3) is 0 Å². The molecule has 0 saturated heterocycles. The minimum atomic E-state index is -0.699. The lowest BCUT2D eigenvalue weighted by Gasteiger charge is -2.33. The average Bonchev–Trinajstić information content (AvgIpc) is 2.31. The van der Waals surface area contributed by atoms with Gasteiger partial charge in [0.05, 0.1) is 12.3 Å². The minimum absolute atomic E-state index is 0.307. The fourth-order valence-electron chi connectivity index (χ4n) is 1.81. The number of hydrazone groups is 1. The number of hydrogen-bond donors (Lipinski definition) is 1. The standard InChI is InChI=1S/C11H19N3O4/c1-4-17-9-6-8(10(15)18-5-2)7(3)13-14(9)11(12)16/h8-9H,4-6H2,1-3H3,(H2,12,16)/t8-,9-/m0/s1. The van der Waals surface area contributed by atoms with Crippen molar-refractivity contribution < 1.29 is 19.1 Å². The highest BCUT2D eigenvalue weighted by Gasteiger charge is 2.36. The molecule has 1 aliphatic rings. The third kappa shape index (κ3) is 3.19. The largest absolute Gasteiger partial charge is 0.465 e. The van der Waals surface area contributed by atoms with Gasteiger partial charge >= 0.3 is 12.0 Å². The molecule has 1 heterocycles. The first kappa shape index (κ1) is 14.4. The Labute approximate surface area is 106 Å². The summed E-state index contributed by atoms with van der Waals surface area (Å²) in [6.45, 7) is 5.91. The molecule has 0 aromatic rings. The molecule has 0 aromatic carbocycles. The monoisotopic (exact) mass is 257 g/mol. The first-order chi connectivity index (χ1) is 8.51. The summed E-state index contributed by atoms with van der Waals surface area (Å²) in [5.74, 6) is -0.843. The number of nitrogens with two attached hydrogens (primary N) is 1. The van der Waals surface area contributed by atoms with E-state index in [0.29, 0.717) is 25.3 Å². The molecular formula is C11H19N3O4. The molecule has 1 aliphatic heterocycles. The molecule has 1 rings (SSSR count). The SMILES string of the molecule is CCOC(=O)[C@H]1C[C@H](OCC)N(C(N)=O)N=C1C. The zero-order valence-corrected chi connectivity index (χ0v) is 10.9. The molecule has 0 radical (unpaired) electrons. The van der Waals surface area contributed by atoms with Crippen molar-refractivity contribution in [3.8, 4) is 0 Å². The Bertz CT molecular complexity index is 356. The molecule has 2 amide bonds. The van der Waals surface area contributed by atoms with Gasteiger partial charge in [-0.25, -0.2) is 4.79 Å². The number of carbonyl (C=O) groups is 2. The van der Waals surface area contributed by atoms with Crippen molar-refractivity contribution >= 4 is 17.7 Å². The summed E-state index contributed by atoms with van der Waals surface area (Å²) in [4.78, 5) is 23.0. The van der Waals surface area contributed by atoms with Crippen LogP contribution in [-0.4, -0.2) is 42.2 Å². The van der Waals surface area contributed by atoms with Crippen molar-refractivity contribution in [3.63, 3.8) is 0 Å². The van der Waals surface area contributed by atoms with Crippen LogP contribution in [-0.2, 0) is 14.3 Å². The Kier molecular flexibility index (Phi) is 5.08. The molecule has 18 heavy (non-hydrogen) atoms.